The quantitative estimate of drug-likeness (QED) is 0.424. The Morgan fingerprint density at radius 1 is 0.933 bits per heavy atom. The SMILES string of the molecule is CN1CCN(c2cncc3[nH]c(-c4n[nH]c5ccc(-c6cn[nH]c6)nc45)nc23)CC1. The standard InChI is InChI=1S/C20H20N10/c1-29-4-6-30(7-5-29)16-11-21-10-15-17(16)26-20(25-15)19-18-14(27-28-19)3-2-13(24-18)12-8-22-23-9-12/h2-3,8-11H,4-7H2,1H3,(H,22,23)(H,25,26)(H,27,28). The number of H-pyrrole nitrogens is 3. The minimum atomic E-state index is 0.677. The fourth-order valence-corrected chi connectivity index (χ4v) is 3.93. The number of rotatable bonds is 3. The number of fused-ring (bicyclic) bond motifs is 2. The molecule has 0 aromatic carbocycles. The molecule has 5 aromatic rings. The van der Waals surface area contributed by atoms with Gasteiger partial charge in [-0.2, -0.15) is 10.2 Å². The third-order valence-corrected chi connectivity index (χ3v) is 5.64. The lowest BCUT2D eigenvalue weighted by molar-refractivity contribution is 0.313. The van der Waals surface area contributed by atoms with E-state index in [9.17, 15) is 0 Å². The Kier molecular flexibility index (Phi) is 3.78. The van der Waals surface area contributed by atoms with Gasteiger partial charge in [0.15, 0.2) is 11.5 Å². The topological polar surface area (TPSA) is 118 Å². The summed E-state index contributed by atoms with van der Waals surface area (Å²) in [6.45, 7) is 3.97. The zero-order valence-corrected chi connectivity index (χ0v) is 16.4. The third kappa shape index (κ3) is 2.72. The van der Waals surface area contributed by atoms with E-state index in [0.717, 1.165) is 65.2 Å². The van der Waals surface area contributed by atoms with Gasteiger partial charge in [0.25, 0.3) is 0 Å². The number of imidazole rings is 1. The highest BCUT2D eigenvalue weighted by molar-refractivity contribution is 5.94. The molecule has 150 valence electrons. The zero-order chi connectivity index (χ0) is 20.1. The molecule has 1 saturated heterocycles. The smallest absolute Gasteiger partial charge is 0.161 e. The summed E-state index contributed by atoms with van der Waals surface area (Å²) in [5.41, 5.74) is 6.92. The van der Waals surface area contributed by atoms with Crippen LogP contribution in [0, 0.1) is 0 Å². The Bertz CT molecular complexity index is 1320. The number of anilines is 1. The Balaban J connectivity index is 1.45. The normalized spacial score (nSPS) is 15.4. The maximum atomic E-state index is 4.90. The van der Waals surface area contributed by atoms with E-state index in [4.69, 9.17) is 9.97 Å². The van der Waals surface area contributed by atoms with Crippen LogP contribution < -0.4 is 4.90 Å². The number of piperazine rings is 1. The molecular formula is C20H20N10. The number of aromatic nitrogens is 8. The predicted octanol–water partition coefficient (Wildman–Crippen LogP) is 2.04. The van der Waals surface area contributed by atoms with Crippen LogP contribution in [0.5, 0.6) is 0 Å². The van der Waals surface area contributed by atoms with Crippen molar-refractivity contribution >= 4 is 27.8 Å². The Labute approximate surface area is 171 Å². The van der Waals surface area contributed by atoms with Gasteiger partial charge in [-0.05, 0) is 19.2 Å². The summed E-state index contributed by atoms with van der Waals surface area (Å²) in [6, 6.07) is 3.92. The summed E-state index contributed by atoms with van der Waals surface area (Å²) >= 11 is 0. The second-order valence-corrected chi connectivity index (χ2v) is 7.58. The minimum absolute atomic E-state index is 0.677. The molecule has 6 heterocycles. The van der Waals surface area contributed by atoms with Gasteiger partial charge in [0.05, 0.1) is 41.0 Å². The van der Waals surface area contributed by atoms with Crippen LogP contribution in [0.3, 0.4) is 0 Å². The fourth-order valence-electron chi connectivity index (χ4n) is 3.93. The van der Waals surface area contributed by atoms with Crippen molar-refractivity contribution in [3.05, 3.63) is 36.9 Å². The number of hydrogen-bond acceptors (Lipinski definition) is 7. The molecule has 1 fully saturated rings. The molecule has 0 spiro atoms. The molecule has 1 aliphatic rings. The predicted molar refractivity (Wildman–Crippen MR) is 114 cm³/mol. The molecule has 0 aliphatic carbocycles. The van der Waals surface area contributed by atoms with E-state index in [2.05, 4.69) is 47.2 Å². The summed E-state index contributed by atoms with van der Waals surface area (Å²) in [7, 11) is 2.15. The van der Waals surface area contributed by atoms with Crippen molar-refractivity contribution < 1.29 is 0 Å². The van der Waals surface area contributed by atoms with Crippen LogP contribution in [-0.4, -0.2) is 78.5 Å². The molecule has 0 saturated carbocycles. The summed E-state index contributed by atoms with van der Waals surface area (Å²) in [5, 5.41) is 14.4. The molecule has 5 aromatic heterocycles. The van der Waals surface area contributed by atoms with Gasteiger partial charge < -0.3 is 14.8 Å². The summed E-state index contributed by atoms with van der Waals surface area (Å²) in [4.78, 5) is 22.2. The van der Waals surface area contributed by atoms with Gasteiger partial charge >= 0.3 is 0 Å². The molecule has 3 N–H and O–H groups in total. The van der Waals surface area contributed by atoms with E-state index in [0.29, 0.717) is 11.5 Å². The Hall–Kier alpha value is -3.79. The van der Waals surface area contributed by atoms with Crippen LogP contribution in [0.4, 0.5) is 5.69 Å². The molecule has 0 bridgehead atoms. The first kappa shape index (κ1) is 17.1. The van der Waals surface area contributed by atoms with Crippen LogP contribution in [0.25, 0.3) is 44.8 Å². The average Bonchev–Trinajstić information content (AvgIpc) is 3.52. The molecule has 0 amide bonds. The van der Waals surface area contributed by atoms with Crippen LogP contribution in [0.2, 0.25) is 0 Å². The average molecular weight is 400 g/mol. The maximum absolute atomic E-state index is 4.90. The summed E-state index contributed by atoms with van der Waals surface area (Å²) in [6.07, 6.45) is 7.28. The van der Waals surface area contributed by atoms with E-state index in [1.54, 1.807) is 6.20 Å². The number of pyridine rings is 2. The molecular weight excluding hydrogens is 380 g/mol. The van der Waals surface area contributed by atoms with Gasteiger partial charge in [0, 0.05) is 37.9 Å². The number of aromatic amines is 3. The lowest BCUT2D eigenvalue weighted by atomic mass is 10.2. The molecule has 10 nitrogen and oxygen atoms in total. The molecule has 10 heteroatoms. The van der Waals surface area contributed by atoms with Crippen molar-refractivity contribution in [3.8, 4) is 22.8 Å². The largest absolute Gasteiger partial charge is 0.366 e. The molecule has 6 rings (SSSR count). The van der Waals surface area contributed by atoms with E-state index in [1.165, 1.54) is 0 Å². The lowest BCUT2D eigenvalue weighted by Crippen LogP contribution is -2.44. The van der Waals surface area contributed by atoms with Gasteiger partial charge in [-0.3, -0.25) is 15.2 Å². The second-order valence-electron chi connectivity index (χ2n) is 7.58. The minimum Gasteiger partial charge on any atom is -0.366 e. The van der Waals surface area contributed by atoms with Gasteiger partial charge in [0.1, 0.15) is 11.0 Å². The number of nitrogens with zero attached hydrogens (tertiary/aromatic N) is 7. The molecule has 30 heavy (non-hydrogen) atoms. The number of hydrogen-bond donors (Lipinski definition) is 3. The highest BCUT2D eigenvalue weighted by Crippen LogP contribution is 2.30. The van der Waals surface area contributed by atoms with Crippen LogP contribution >= 0.6 is 0 Å². The van der Waals surface area contributed by atoms with Crippen LogP contribution in [-0.2, 0) is 0 Å². The van der Waals surface area contributed by atoms with Gasteiger partial charge in [-0.1, -0.05) is 0 Å². The van der Waals surface area contributed by atoms with Crippen LogP contribution in [0.1, 0.15) is 0 Å². The summed E-state index contributed by atoms with van der Waals surface area (Å²) in [5.74, 6) is 0.677. The maximum Gasteiger partial charge on any atom is 0.161 e. The van der Waals surface area contributed by atoms with Gasteiger partial charge in [-0.25, -0.2) is 9.97 Å². The van der Waals surface area contributed by atoms with Crippen molar-refractivity contribution in [1.29, 1.82) is 0 Å². The number of nitrogens with one attached hydrogen (secondary N) is 3. The van der Waals surface area contributed by atoms with Crippen molar-refractivity contribution in [3.63, 3.8) is 0 Å². The van der Waals surface area contributed by atoms with E-state index in [-0.39, 0.29) is 0 Å². The van der Waals surface area contributed by atoms with Crippen molar-refractivity contribution in [2.45, 2.75) is 0 Å². The molecule has 1 aliphatic heterocycles. The Morgan fingerprint density at radius 2 is 1.83 bits per heavy atom. The molecule has 0 radical (unpaired) electrons. The van der Waals surface area contributed by atoms with E-state index >= 15 is 0 Å². The van der Waals surface area contributed by atoms with Crippen LogP contribution in [0.15, 0.2) is 36.9 Å². The molecule has 0 unspecified atom stereocenters. The van der Waals surface area contributed by atoms with Crippen molar-refractivity contribution in [2.75, 3.05) is 38.1 Å². The first-order valence-electron chi connectivity index (χ1n) is 9.88. The van der Waals surface area contributed by atoms with Gasteiger partial charge in [-0.15, -0.1) is 0 Å². The lowest BCUT2D eigenvalue weighted by Gasteiger charge is -2.33. The van der Waals surface area contributed by atoms with Crippen molar-refractivity contribution in [1.82, 2.24) is 45.2 Å². The van der Waals surface area contributed by atoms with E-state index in [1.807, 2.05) is 30.7 Å². The van der Waals surface area contributed by atoms with Crippen molar-refractivity contribution in [2.24, 2.45) is 0 Å². The highest BCUT2D eigenvalue weighted by Gasteiger charge is 2.21. The number of likely N-dealkylation sites (N-methyl/N-ethyl adjacent to an activating group) is 1. The molecule has 0 atom stereocenters. The monoisotopic (exact) mass is 400 g/mol. The second kappa shape index (κ2) is 6.63. The Morgan fingerprint density at radius 3 is 2.67 bits per heavy atom. The first-order chi connectivity index (χ1) is 14.8. The van der Waals surface area contributed by atoms with E-state index < -0.39 is 0 Å². The zero-order valence-electron chi connectivity index (χ0n) is 16.4. The third-order valence-electron chi connectivity index (χ3n) is 5.64. The van der Waals surface area contributed by atoms with Gasteiger partial charge in [0.2, 0.25) is 0 Å². The first-order valence-corrected chi connectivity index (χ1v) is 9.88. The fraction of sp³-hybridized carbons (Fsp3) is 0.250. The summed E-state index contributed by atoms with van der Waals surface area (Å²) < 4.78 is 0. The highest BCUT2D eigenvalue weighted by atomic mass is 15.3.